The summed E-state index contributed by atoms with van der Waals surface area (Å²) in [6.45, 7) is 1.68. The Kier molecular flexibility index (Phi) is 5.05. The second-order valence-electron chi connectivity index (χ2n) is 7.82. The highest BCUT2D eigenvalue weighted by molar-refractivity contribution is 6.17. The minimum absolute atomic E-state index is 0.0129. The predicted octanol–water partition coefficient (Wildman–Crippen LogP) is 5.59. The van der Waals surface area contributed by atoms with E-state index in [2.05, 4.69) is 10.1 Å². The van der Waals surface area contributed by atoms with Crippen molar-refractivity contribution in [1.29, 1.82) is 0 Å². The van der Waals surface area contributed by atoms with E-state index in [1.165, 1.54) is 25.3 Å². The zero-order valence-corrected chi connectivity index (χ0v) is 18.2. The standard InChI is InChI=1S/C26H19FN2O5/c1-13-10-22(34-29-13)25(31)23-18-11-17(19(27)12-20(18)28-26(23)32)15-8-6-14(7-9-15)16-4-3-5-21(33-2)24(16)30/h3-12,28,30,32H,1-2H3. The monoisotopic (exact) mass is 458 g/mol. The summed E-state index contributed by atoms with van der Waals surface area (Å²) >= 11 is 0. The molecule has 0 amide bonds. The zero-order valence-electron chi connectivity index (χ0n) is 18.2. The molecule has 34 heavy (non-hydrogen) atoms. The molecule has 0 spiro atoms. The van der Waals surface area contributed by atoms with Gasteiger partial charge in [-0.05, 0) is 36.2 Å². The molecule has 0 unspecified atom stereocenters. The number of H-pyrrole nitrogens is 1. The number of aromatic amines is 1. The van der Waals surface area contributed by atoms with Gasteiger partial charge in [0.1, 0.15) is 5.82 Å². The summed E-state index contributed by atoms with van der Waals surface area (Å²) in [5.74, 6) is -1.13. The van der Waals surface area contributed by atoms with Crippen molar-refractivity contribution in [3.8, 4) is 39.6 Å². The molecule has 170 valence electrons. The molecule has 0 bridgehead atoms. The minimum Gasteiger partial charge on any atom is -0.504 e. The Bertz CT molecular complexity index is 1550. The van der Waals surface area contributed by atoms with Gasteiger partial charge in [0.15, 0.2) is 11.5 Å². The van der Waals surface area contributed by atoms with Crippen LogP contribution in [0.25, 0.3) is 33.2 Å². The molecule has 2 aromatic heterocycles. The number of nitrogens with one attached hydrogen (secondary N) is 1. The maximum Gasteiger partial charge on any atom is 0.237 e. The molecule has 0 saturated carbocycles. The van der Waals surface area contributed by atoms with Crippen molar-refractivity contribution in [2.45, 2.75) is 6.92 Å². The van der Waals surface area contributed by atoms with Gasteiger partial charge in [-0.3, -0.25) is 4.79 Å². The van der Waals surface area contributed by atoms with E-state index in [1.807, 2.05) is 0 Å². The molecule has 0 radical (unpaired) electrons. The highest BCUT2D eigenvalue weighted by Gasteiger charge is 2.24. The van der Waals surface area contributed by atoms with Gasteiger partial charge in [0.05, 0.1) is 23.9 Å². The second kappa shape index (κ2) is 8.08. The van der Waals surface area contributed by atoms with E-state index < -0.39 is 11.6 Å². The van der Waals surface area contributed by atoms with Crippen molar-refractivity contribution in [1.82, 2.24) is 10.1 Å². The summed E-state index contributed by atoms with van der Waals surface area (Å²) in [5.41, 5.74) is 2.87. The van der Waals surface area contributed by atoms with Crippen LogP contribution in [0.2, 0.25) is 0 Å². The van der Waals surface area contributed by atoms with E-state index in [0.29, 0.717) is 28.0 Å². The Morgan fingerprint density at radius 1 is 1.03 bits per heavy atom. The topological polar surface area (TPSA) is 109 Å². The lowest BCUT2D eigenvalue weighted by Crippen LogP contribution is -1.99. The first-order valence-electron chi connectivity index (χ1n) is 10.4. The van der Waals surface area contributed by atoms with Crippen LogP contribution in [-0.2, 0) is 0 Å². The van der Waals surface area contributed by atoms with E-state index in [0.717, 1.165) is 5.56 Å². The summed E-state index contributed by atoms with van der Waals surface area (Å²) < 4.78 is 25.2. The van der Waals surface area contributed by atoms with Crippen molar-refractivity contribution in [3.63, 3.8) is 0 Å². The molecule has 0 aliphatic carbocycles. The number of ether oxygens (including phenoxy) is 1. The van der Waals surface area contributed by atoms with Crippen molar-refractivity contribution in [2.24, 2.45) is 0 Å². The predicted molar refractivity (Wildman–Crippen MR) is 124 cm³/mol. The van der Waals surface area contributed by atoms with Gasteiger partial charge in [-0.15, -0.1) is 0 Å². The zero-order chi connectivity index (χ0) is 24.0. The fourth-order valence-electron chi connectivity index (χ4n) is 4.00. The number of aryl methyl sites for hydroxylation is 1. The lowest BCUT2D eigenvalue weighted by atomic mass is 9.97. The third kappa shape index (κ3) is 3.45. The molecule has 3 aromatic carbocycles. The average Bonchev–Trinajstić information content (AvgIpc) is 3.40. The number of ketones is 1. The van der Waals surface area contributed by atoms with Gasteiger partial charge in [0.25, 0.3) is 0 Å². The van der Waals surface area contributed by atoms with Gasteiger partial charge in [-0.1, -0.05) is 41.6 Å². The van der Waals surface area contributed by atoms with Crippen LogP contribution >= 0.6 is 0 Å². The Hall–Kier alpha value is -4.59. The van der Waals surface area contributed by atoms with E-state index in [9.17, 15) is 19.4 Å². The normalized spacial score (nSPS) is 11.1. The van der Waals surface area contributed by atoms with Gasteiger partial charge in [-0.25, -0.2) is 4.39 Å². The summed E-state index contributed by atoms with van der Waals surface area (Å²) in [6.07, 6.45) is 0. The van der Waals surface area contributed by atoms with Crippen LogP contribution in [0.4, 0.5) is 4.39 Å². The lowest BCUT2D eigenvalue weighted by Gasteiger charge is -2.10. The molecule has 0 saturated heterocycles. The highest BCUT2D eigenvalue weighted by atomic mass is 19.1. The summed E-state index contributed by atoms with van der Waals surface area (Å²) in [7, 11) is 1.47. The van der Waals surface area contributed by atoms with Crippen LogP contribution in [0.5, 0.6) is 17.4 Å². The van der Waals surface area contributed by atoms with Crippen LogP contribution in [-0.4, -0.2) is 33.2 Å². The van der Waals surface area contributed by atoms with E-state index in [4.69, 9.17) is 9.26 Å². The number of phenols is 1. The molecule has 5 aromatic rings. The number of hydrogen-bond acceptors (Lipinski definition) is 6. The number of aromatic nitrogens is 2. The second-order valence-corrected chi connectivity index (χ2v) is 7.82. The fraction of sp³-hybridized carbons (Fsp3) is 0.0769. The number of rotatable bonds is 5. The van der Waals surface area contributed by atoms with Crippen molar-refractivity contribution in [2.75, 3.05) is 7.11 Å². The largest absolute Gasteiger partial charge is 0.504 e. The van der Waals surface area contributed by atoms with Gasteiger partial charge in [0.2, 0.25) is 17.4 Å². The molecule has 5 rings (SSSR count). The first-order chi connectivity index (χ1) is 16.4. The number of methoxy groups -OCH3 is 1. The van der Waals surface area contributed by atoms with E-state index in [1.54, 1.807) is 49.4 Å². The minimum atomic E-state index is -0.564. The van der Waals surface area contributed by atoms with Crippen molar-refractivity contribution < 1.29 is 28.7 Å². The quantitative estimate of drug-likeness (QED) is 0.296. The van der Waals surface area contributed by atoms with Crippen LogP contribution in [0.15, 0.2) is 65.2 Å². The summed E-state index contributed by atoms with van der Waals surface area (Å²) in [4.78, 5) is 15.6. The summed E-state index contributed by atoms with van der Waals surface area (Å²) in [5, 5.41) is 24.8. The molecule has 2 heterocycles. The van der Waals surface area contributed by atoms with Gasteiger partial charge in [-0.2, -0.15) is 0 Å². The van der Waals surface area contributed by atoms with Crippen LogP contribution < -0.4 is 4.74 Å². The number of halogens is 1. The number of hydrogen-bond donors (Lipinski definition) is 3. The van der Waals surface area contributed by atoms with Crippen LogP contribution in [0, 0.1) is 12.7 Å². The number of fused-ring (bicyclic) bond motifs is 1. The number of phenolic OH excluding ortho intramolecular Hbond substituents is 1. The smallest absolute Gasteiger partial charge is 0.237 e. The molecule has 3 N–H and O–H groups in total. The van der Waals surface area contributed by atoms with Gasteiger partial charge in [0, 0.05) is 22.6 Å². The number of carbonyl (C=O) groups excluding carboxylic acids is 1. The first kappa shape index (κ1) is 21.3. The third-order valence-electron chi connectivity index (χ3n) is 5.67. The maximum absolute atomic E-state index is 15.0. The van der Waals surface area contributed by atoms with E-state index in [-0.39, 0.29) is 34.0 Å². The fourth-order valence-corrected chi connectivity index (χ4v) is 4.00. The molecule has 7 nitrogen and oxygen atoms in total. The Morgan fingerprint density at radius 2 is 1.74 bits per heavy atom. The number of benzene rings is 3. The first-order valence-corrected chi connectivity index (χ1v) is 10.4. The maximum atomic E-state index is 15.0. The van der Waals surface area contributed by atoms with Crippen molar-refractivity contribution in [3.05, 3.63) is 83.5 Å². The van der Waals surface area contributed by atoms with E-state index >= 15 is 0 Å². The molecule has 0 atom stereocenters. The number of aromatic hydroxyl groups is 2. The molecular weight excluding hydrogens is 439 g/mol. The lowest BCUT2D eigenvalue weighted by molar-refractivity contribution is 0.0999. The number of nitrogens with zero attached hydrogens (tertiary/aromatic N) is 1. The number of para-hydroxylation sites is 1. The van der Waals surface area contributed by atoms with Crippen LogP contribution in [0.1, 0.15) is 21.8 Å². The molecule has 0 aliphatic heterocycles. The summed E-state index contributed by atoms with van der Waals surface area (Å²) in [6, 6.07) is 16.3. The highest BCUT2D eigenvalue weighted by Crippen LogP contribution is 2.39. The third-order valence-corrected chi connectivity index (χ3v) is 5.67. The van der Waals surface area contributed by atoms with Gasteiger partial charge < -0.3 is 24.5 Å². The Labute approximate surface area is 193 Å². The molecule has 0 aliphatic rings. The number of carbonyl (C=O) groups is 1. The molecular formula is C26H19FN2O5. The SMILES string of the molecule is COc1cccc(-c2ccc(-c3cc4c(C(=O)c5cc(C)no5)c(O)[nH]c4cc3F)cc2)c1O. The van der Waals surface area contributed by atoms with Gasteiger partial charge >= 0.3 is 0 Å². The Morgan fingerprint density at radius 3 is 2.38 bits per heavy atom. The average molecular weight is 458 g/mol. The Balaban J connectivity index is 1.58. The van der Waals surface area contributed by atoms with Crippen molar-refractivity contribution >= 4 is 16.7 Å². The molecule has 0 fully saturated rings. The van der Waals surface area contributed by atoms with Crippen LogP contribution in [0.3, 0.4) is 0 Å². The molecule has 8 heteroatoms.